The Bertz CT molecular complexity index is 1330. The summed E-state index contributed by atoms with van der Waals surface area (Å²) in [6, 6.07) is 9.20. The van der Waals surface area contributed by atoms with E-state index in [-0.39, 0.29) is 17.6 Å². The number of phenols is 1. The number of aromatic nitrogens is 2. The number of aromatic hydroxyl groups is 1. The van der Waals surface area contributed by atoms with Crippen LogP contribution in [0.5, 0.6) is 5.75 Å². The molecule has 3 aliphatic rings. The minimum Gasteiger partial charge on any atom is -0.507 e. The number of rotatable bonds is 4. The summed E-state index contributed by atoms with van der Waals surface area (Å²) in [4.78, 5) is 32.5. The molecule has 1 aliphatic carbocycles. The SMILES string of the molecule is CN1CCN(C(=O)c2ccc3c(c2)CN(C(=O)c2cc4c(CC5CCCCC5)n[nH]c4cc2O)C3)CC1. The van der Waals surface area contributed by atoms with Crippen molar-refractivity contribution in [3.63, 3.8) is 0 Å². The van der Waals surface area contributed by atoms with Crippen LogP contribution in [0.3, 0.4) is 0 Å². The number of benzene rings is 2. The third-order valence-corrected chi connectivity index (χ3v) is 8.45. The van der Waals surface area contributed by atoms with Crippen molar-refractivity contribution in [2.24, 2.45) is 5.92 Å². The molecule has 2 aromatic carbocycles. The van der Waals surface area contributed by atoms with Crippen LogP contribution in [-0.4, -0.2) is 75.0 Å². The lowest BCUT2D eigenvalue weighted by Crippen LogP contribution is -2.47. The monoisotopic (exact) mass is 501 g/mol. The zero-order chi connectivity index (χ0) is 25.5. The Morgan fingerprint density at radius 1 is 0.946 bits per heavy atom. The van der Waals surface area contributed by atoms with Gasteiger partial charge in [0.25, 0.3) is 11.8 Å². The van der Waals surface area contributed by atoms with Crippen LogP contribution in [0.15, 0.2) is 30.3 Å². The van der Waals surface area contributed by atoms with Gasteiger partial charge in [-0.2, -0.15) is 5.10 Å². The van der Waals surface area contributed by atoms with E-state index in [2.05, 4.69) is 22.1 Å². The van der Waals surface area contributed by atoms with Gasteiger partial charge in [0, 0.05) is 56.3 Å². The molecule has 1 saturated heterocycles. The van der Waals surface area contributed by atoms with Gasteiger partial charge in [0.15, 0.2) is 0 Å². The Morgan fingerprint density at radius 3 is 2.49 bits per heavy atom. The summed E-state index contributed by atoms with van der Waals surface area (Å²) in [6.45, 7) is 4.12. The van der Waals surface area contributed by atoms with Crippen LogP contribution in [-0.2, 0) is 19.5 Å². The van der Waals surface area contributed by atoms with Crippen molar-refractivity contribution >= 4 is 22.7 Å². The number of aromatic amines is 1. The van der Waals surface area contributed by atoms with E-state index in [1.807, 2.05) is 23.1 Å². The Labute approximate surface area is 217 Å². The van der Waals surface area contributed by atoms with Gasteiger partial charge in [0.2, 0.25) is 0 Å². The number of fused-ring (bicyclic) bond motifs is 2. The molecule has 8 heteroatoms. The Kier molecular flexibility index (Phi) is 6.36. The molecule has 0 bridgehead atoms. The Morgan fingerprint density at radius 2 is 1.70 bits per heavy atom. The van der Waals surface area contributed by atoms with Crippen LogP contribution < -0.4 is 0 Å². The third-order valence-electron chi connectivity index (χ3n) is 8.45. The zero-order valence-corrected chi connectivity index (χ0v) is 21.5. The normalized spacial score (nSPS) is 18.9. The van der Waals surface area contributed by atoms with E-state index in [0.717, 1.165) is 60.3 Å². The second-order valence-electron chi connectivity index (χ2n) is 11.0. The number of H-pyrrole nitrogens is 1. The molecule has 0 atom stereocenters. The maximum Gasteiger partial charge on any atom is 0.258 e. The summed E-state index contributed by atoms with van der Waals surface area (Å²) >= 11 is 0. The number of hydrogen-bond donors (Lipinski definition) is 2. The second kappa shape index (κ2) is 9.82. The number of amides is 2. The van der Waals surface area contributed by atoms with E-state index >= 15 is 0 Å². The Hall–Kier alpha value is -3.39. The fourth-order valence-electron chi connectivity index (χ4n) is 6.13. The smallest absolute Gasteiger partial charge is 0.258 e. The van der Waals surface area contributed by atoms with Crippen molar-refractivity contribution in [2.45, 2.75) is 51.6 Å². The molecule has 3 aromatic rings. The van der Waals surface area contributed by atoms with Crippen LogP contribution in [0.1, 0.15) is 69.6 Å². The molecule has 2 N–H and O–H groups in total. The van der Waals surface area contributed by atoms with Crippen molar-refractivity contribution in [1.29, 1.82) is 0 Å². The molecule has 6 rings (SSSR count). The summed E-state index contributed by atoms with van der Waals surface area (Å²) in [6.07, 6.45) is 7.21. The molecule has 8 nitrogen and oxygen atoms in total. The van der Waals surface area contributed by atoms with Gasteiger partial charge in [-0.25, -0.2) is 0 Å². The second-order valence-corrected chi connectivity index (χ2v) is 11.0. The first-order valence-corrected chi connectivity index (χ1v) is 13.5. The molecule has 194 valence electrons. The Balaban J connectivity index is 1.19. The van der Waals surface area contributed by atoms with Crippen LogP contribution >= 0.6 is 0 Å². The highest BCUT2D eigenvalue weighted by molar-refractivity contribution is 6.01. The van der Waals surface area contributed by atoms with Gasteiger partial charge < -0.3 is 19.8 Å². The molecule has 0 radical (unpaired) electrons. The van der Waals surface area contributed by atoms with Gasteiger partial charge in [-0.1, -0.05) is 38.2 Å². The summed E-state index contributed by atoms with van der Waals surface area (Å²) in [5, 5.41) is 19.2. The highest BCUT2D eigenvalue weighted by Gasteiger charge is 2.29. The highest BCUT2D eigenvalue weighted by Crippen LogP contribution is 2.33. The molecule has 0 spiro atoms. The van der Waals surface area contributed by atoms with E-state index in [1.54, 1.807) is 17.0 Å². The molecule has 2 amide bonds. The molecule has 1 saturated carbocycles. The van der Waals surface area contributed by atoms with E-state index in [0.29, 0.717) is 30.1 Å². The molecule has 2 fully saturated rings. The molecule has 1 aromatic heterocycles. The van der Waals surface area contributed by atoms with E-state index < -0.39 is 0 Å². The van der Waals surface area contributed by atoms with Crippen LogP contribution in [0.4, 0.5) is 0 Å². The summed E-state index contributed by atoms with van der Waals surface area (Å²) in [5.41, 5.74) is 4.76. The lowest BCUT2D eigenvalue weighted by atomic mass is 9.85. The van der Waals surface area contributed by atoms with Crippen LogP contribution in [0, 0.1) is 5.92 Å². The first-order valence-electron chi connectivity index (χ1n) is 13.5. The fraction of sp³-hybridized carbons (Fsp3) is 0.483. The number of likely N-dealkylation sites (N-methyl/N-ethyl adjacent to an activating group) is 1. The standard InChI is InChI=1S/C29H35N5O3/c1-32-9-11-33(12-10-32)28(36)20-7-8-21-17-34(18-22(21)14-20)29(37)24-15-23-25(13-19-5-3-2-4-6-19)30-31-26(23)16-27(24)35/h7-8,14-16,19,35H,2-6,9-13,17-18H2,1H3,(H,30,31). The third kappa shape index (κ3) is 4.70. The van der Waals surface area contributed by atoms with Crippen LogP contribution in [0.25, 0.3) is 10.9 Å². The number of nitrogens with one attached hydrogen (secondary N) is 1. The molecule has 2 aliphatic heterocycles. The van der Waals surface area contributed by atoms with Crippen LogP contribution in [0.2, 0.25) is 0 Å². The molecular formula is C29H35N5O3. The van der Waals surface area contributed by atoms with Gasteiger partial charge >= 0.3 is 0 Å². The average Bonchev–Trinajstić information content (AvgIpc) is 3.52. The van der Waals surface area contributed by atoms with Crippen molar-refractivity contribution in [2.75, 3.05) is 33.2 Å². The number of piperazine rings is 1. The predicted molar refractivity (Wildman–Crippen MR) is 141 cm³/mol. The maximum absolute atomic E-state index is 13.6. The first-order chi connectivity index (χ1) is 18.0. The quantitative estimate of drug-likeness (QED) is 0.565. The van der Waals surface area contributed by atoms with Gasteiger partial charge in [0.1, 0.15) is 5.75 Å². The van der Waals surface area contributed by atoms with Crippen molar-refractivity contribution in [1.82, 2.24) is 24.9 Å². The number of phenolic OH excluding ortho intramolecular Hbond substituents is 1. The van der Waals surface area contributed by atoms with Crippen molar-refractivity contribution in [3.05, 3.63) is 58.3 Å². The number of nitrogens with zero attached hydrogens (tertiary/aromatic N) is 4. The zero-order valence-electron chi connectivity index (χ0n) is 21.5. The highest BCUT2D eigenvalue weighted by atomic mass is 16.3. The van der Waals surface area contributed by atoms with Gasteiger partial charge in [-0.05, 0) is 48.7 Å². The van der Waals surface area contributed by atoms with Gasteiger partial charge in [-0.3, -0.25) is 14.7 Å². The molecular weight excluding hydrogens is 466 g/mol. The average molecular weight is 502 g/mol. The van der Waals surface area contributed by atoms with Gasteiger partial charge in [-0.15, -0.1) is 0 Å². The minimum absolute atomic E-state index is 0.0349. The van der Waals surface area contributed by atoms with E-state index in [1.165, 1.54) is 32.1 Å². The summed E-state index contributed by atoms with van der Waals surface area (Å²) in [7, 11) is 2.07. The van der Waals surface area contributed by atoms with E-state index in [9.17, 15) is 14.7 Å². The molecule has 37 heavy (non-hydrogen) atoms. The van der Waals surface area contributed by atoms with E-state index in [4.69, 9.17) is 0 Å². The molecule has 3 heterocycles. The lowest BCUT2D eigenvalue weighted by Gasteiger charge is -2.32. The first kappa shape index (κ1) is 24.0. The predicted octanol–water partition coefficient (Wildman–Crippen LogP) is 3.93. The summed E-state index contributed by atoms with van der Waals surface area (Å²) < 4.78 is 0. The number of carbonyl (C=O) groups excluding carboxylic acids is 2. The van der Waals surface area contributed by atoms with Gasteiger partial charge in [0.05, 0.1) is 16.8 Å². The summed E-state index contributed by atoms with van der Waals surface area (Å²) in [5.74, 6) is 0.442. The molecule has 0 unspecified atom stereocenters. The topological polar surface area (TPSA) is 92.8 Å². The lowest BCUT2D eigenvalue weighted by molar-refractivity contribution is 0.0663. The van der Waals surface area contributed by atoms with Crippen molar-refractivity contribution < 1.29 is 14.7 Å². The fourth-order valence-corrected chi connectivity index (χ4v) is 6.13. The maximum atomic E-state index is 13.6. The number of carbonyl (C=O) groups is 2. The van der Waals surface area contributed by atoms with Crippen molar-refractivity contribution in [3.8, 4) is 5.75 Å². The number of hydrogen-bond acceptors (Lipinski definition) is 5. The largest absolute Gasteiger partial charge is 0.507 e. The minimum atomic E-state index is -0.202.